The van der Waals surface area contributed by atoms with E-state index in [1.165, 1.54) is 0 Å². The van der Waals surface area contributed by atoms with Gasteiger partial charge in [0.15, 0.2) is 0 Å². The van der Waals surface area contributed by atoms with Gasteiger partial charge in [-0.3, -0.25) is 0 Å². The molecule has 0 heterocycles. The number of benzene rings is 5. The summed E-state index contributed by atoms with van der Waals surface area (Å²) in [4.78, 5) is 50.0. The van der Waals surface area contributed by atoms with Gasteiger partial charge >= 0.3 is 24.1 Å². The molecule has 0 bridgehead atoms. The number of unbranched alkanes of at least 4 members (excludes halogenated alkanes) is 14. The van der Waals surface area contributed by atoms with Crippen LogP contribution in [0.3, 0.4) is 0 Å². The highest BCUT2D eigenvalue weighted by molar-refractivity contribution is 6.03. The number of esters is 3. The Morgan fingerprint density at radius 1 is 0.481 bits per heavy atom. The fourth-order valence-electron chi connectivity index (χ4n) is 8.51. The normalized spacial score (nSPS) is 10.9. The summed E-state index contributed by atoms with van der Waals surface area (Å²) < 4.78 is 33.0. The molecule has 0 radical (unpaired) electrons. The van der Waals surface area contributed by atoms with Crippen molar-refractivity contribution in [3.63, 3.8) is 0 Å². The number of hydrogen-bond donors (Lipinski definition) is 1. The van der Waals surface area contributed by atoms with Gasteiger partial charge in [-0.25, -0.2) is 19.2 Å². The lowest BCUT2D eigenvalue weighted by Crippen LogP contribution is -2.13. The maximum atomic E-state index is 13.7. The molecular weight excluding hydrogens is 975 g/mol. The molecule has 77 heavy (non-hydrogen) atoms. The van der Waals surface area contributed by atoms with E-state index in [1.54, 1.807) is 6.07 Å². The van der Waals surface area contributed by atoms with E-state index in [4.69, 9.17) is 28.4 Å². The molecule has 0 aromatic heterocycles. The molecular formula is C63H77N3O11. The summed E-state index contributed by atoms with van der Waals surface area (Å²) in [5.74, 6) is 0.429. The number of carboxylic acid groups (broad SMARTS) is 1. The SMILES string of the molecule is C=CC(=O)OCCCCCCOc1ccc(-c2cc(CCCCCCCCCCCOc3ccc(N=Nc4ccc(N(C)C)cc4)cc3)c(-c3ccc(OCCCCCCOC(=O)C=C)cc3)c(C(=O)OC(=O)O)c2)cc1. The van der Waals surface area contributed by atoms with Gasteiger partial charge in [0.1, 0.15) is 17.2 Å². The molecule has 1 N–H and O–H groups in total. The minimum Gasteiger partial charge on any atom is -0.494 e. The quantitative estimate of drug-likeness (QED) is 0.00998. The minimum absolute atomic E-state index is 0.163. The first kappa shape index (κ1) is 60.1. The molecule has 14 heteroatoms. The summed E-state index contributed by atoms with van der Waals surface area (Å²) in [6.07, 6.45) is 17.8. The molecule has 0 saturated carbocycles. The van der Waals surface area contributed by atoms with Gasteiger partial charge in [-0.15, -0.1) is 0 Å². The summed E-state index contributed by atoms with van der Waals surface area (Å²) in [6, 6.07) is 34.6. The molecule has 5 rings (SSSR count). The highest BCUT2D eigenvalue weighted by Gasteiger charge is 2.22. The van der Waals surface area contributed by atoms with E-state index in [9.17, 15) is 24.3 Å². The van der Waals surface area contributed by atoms with Crippen LogP contribution >= 0.6 is 0 Å². The van der Waals surface area contributed by atoms with Crippen molar-refractivity contribution in [2.75, 3.05) is 52.0 Å². The van der Waals surface area contributed by atoms with Crippen molar-refractivity contribution in [3.05, 3.63) is 146 Å². The van der Waals surface area contributed by atoms with E-state index in [0.29, 0.717) is 56.5 Å². The second-order valence-corrected chi connectivity index (χ2v) is 18.9. The lowest BCUT2D eigenvalue weighted by atomic mass is 9.87. The van der Waals surface area contributed by atoms with Gasteiger partial charge in [0.2, 0.25) is 0 Å². The van der Waals surface area contributed by atoms with Crippen LogP contribution in [0.5, 0.6) is 17.2 Å². The highest BCUT2D eigenvalue weighted by atomic mass is 16.7. The van der Waals surface area contributed by atoms with Crippen molar-refractivity contribution in [2.45, 2.75) is 116 Å². The Kier molecular flexibility index (Phi) is 27.1. The van der Waals surface area contributed by atoms with E-state index < -0.39 is 24.1 Å². The average Bonchev–Trinajstić information content (AvgIpc) is 3.44. The number of azo groups is 1. The van der Waals surface area contributed by atoms with E-state index in [2.05, 4.69) is 29.5 Å². The molecule has 410 valence electrons. The Bertz CT molecular complexity index is 2610. The second-order valence-electron chi connectivity index (χ2n) is 18.9. The van der Waals surface area contributed by atoms with Crippen LogP contribution in [0.15, 0.2) is 145 Å². The van der Waals surface area contributed by atoms with Crippen LogP contribution in [0.25, 0.3) is 22.3 Å². The van der Waals surface area contributed by atoms with Crippen LogP contribution in [0.2, 0.25) is 0 Å². The zero-order valence-corrected chi connectivity index (χ0v) is 45.1. The number of carbonyl (C=O) groups is 4. The van der Waals surface area contributed by atoms with E-state index in [-0.39, 0.29) is 5.56 Å². The number of nitrogens with zero attached hydrogens (tertiary/aromatic N) is 3. The van der Waals surface area contributed by atoms with E-state index in [1.807, 2.05) is 116 Å². The Morgan fingerprint density at radius 2 is 0.870 bits per heavy atom. The molecule has 5 aromatic carbocycles. The van der Waals surface area contributed by atoms with Crippen LogP contribution < -0.4 is 19.1 Å². The van der Waals surface area contributed by atoms with Crippen LogP contribution in [-0.2, 0) is 30.2 Å². The molecule has 0 amide bonds. The van der Waals surface area contributed by atoms with Crippen molar-refractivity contribution in [3.8, 4) is 39.5 Å². The summed E-state index contributed by atoms with van der Waals surface area (Å²) in [5, 5.41) is 18.3. The third-order valence-electron chi connectivity index (χ3n) is 12.7. The molecule has 0 aliphatic heterocycles. The van der Waals surface area contributed by atoms with Gasteiger partial charge in [0.05, 0.1) is 50.0 Å². The van der Waals surface area contributed by atoms with Gasteiger partial charge in [-0.2, -0.15) is 10.2 Å². The maximum Gasteiger partial charge on any atom is 0.513 e. The zero-order chi connectivity index (χ0) is 54.9. The van der Waals surface area contributed by atoms with Crippen molar-refractivity contribution < 1.29 is 52.7 Å². The summed E-state index contributed by atoms with van der Waals surface area (Å²) >= 11 is 0. The molecule has 0 fully saturated rings. The Morgan fingerprint density at radius 3 is 1.30 bits per heavy atom. The Balaban J connectivity index is 1.13. The van der Waals surface area contributed by atoms with Gasteiger partial charge in [0.25, 0.3) is 0 Å². The maximum absolute atomic E-state index is 13.7. The molecule has 5 aromatic rings. The molecule has 0 spiro atoms. The van der Waals surface area contributed by atoms with Crippen LogP contribution in [0, 0.1) is 0 Å². The lowest BCUT2D eigenvalue weighted by Gasteiger charge is -2.18. The predicted molar refractivity (Wildman–Crippen MR) is 303 cm³/mol. The average molecular weight is 1050 g/mol. The van der Waals surface area contributed by atoms with E-state index >= 15 is 0 Å². The Labute approximate surface area is 455 Å². The van der Waals surface area contributed by atoms with Crippen molar-refractivity contribution in [1.29, 1.82) is 0 Å². The van der Waals surface area contributed by atoms with Gasteiger partial charge in [-0.1, -0.05) is 88.4 Å². The van der Waals surface area contributed by atoms with Crippen molar-refractivity contribution in [2.24, 2.45) is 10.2 Å². The highest BCUT2D eigenvalue weighted by Crippen LogP contribution is 2.36. The summed E-state index contributed by atoms with van der Waals surface area (Å²) in [6.45, 7) is 9.27. The third kappa shape index (κ3) is 23.0. The number of rotatable bonds is 37. The van der Waals surface area contributed by atoms with E-state index in [0.717, 1.165) is 166 Å². The second kappa shape index (κ2) is 34.8. The first-order valence-corrected chi connectivity index (χ1v) is 27.1. The first-order chi connectivity index (χ1) is 37.5. The van der Waals surface area contributed by atoms with Crippen LogP contribution in [-0.4, -0.2) is 76.3 Å². The monoisotopic (exact) mass is 1050 g/mol. The fourth-order valence-corrected chi connectivity index (χ4v) is 8.51. The zero-order valence-electron chi connectivity index (χ0n) is 45.1. The van der Waals surface area contributed by atoms with Crippen molar-refractivity contribution >= 4 is 41.1 Å². The summed E-state index contributed by atoms with van der Waals surface area (Å²) in [7, 11) is 4.01. The minimum atomic E-state index is -1.68. The third-order valence-corrected chi connectivity index (χ3v) is 12.7. The van der Waals surface area contributed by atoms with Crippen LogP contribution in [0.1, 0.15) is 125 Å². The lowest BCUT2D eigenvalue weighted by molar-refractivity contribution is -0.138. The number of aryl methyl sites for hydroxylation is 1. The number of ether oxygens (including phenoxy) is 6. The first-order valence-electron chi connectivity index (χ1n) is 27.1. The predicted octanol–water partition coefficient (Wildman–Crippen LogP) is 15.8. The Hall–Kier alpha value is -7.74. The van der Waals surface area contributed by atoms with Gasteiger partial charge in [-0.05, 0) is 177 Å². The number of hydrogen-bond acceptors (Lipinski definition) is 13. The van der Waals surface area contributed by atoms with Crippen LogP contribution in [0.4, 0.5) is 21.9 Å². The largest absolute Gasteiger partial charge is 0.513 e. The molecule has 0 saturated heterocycles. The molecule has 14 nitrogen and oxygen atoms in total. The van der Waals surface area contributed by atoms with Gasteiger partial charge < -0.3 is 38.4 Å². The fraction of sp³-hybridized carbons (Fsp3) is 0.397. The standard InChI is InChI=1S/C63H77N3O11/c1-5-59(67)75-44-22-16-14-20-42-72-55-35-25-48(26-36-55)51-46-50(61(58(47-51)62(69)77-63(70)71)49-27-37-56(38-28-49)73-43-21-15-17-23-45-76-60(68)6-2)24-18-12-10-8-7-9-11-13-19-41-74-57-39-31-53(32-40-57)65-64-52-29-33-54(34-30-52)66(3)4/h5-6,25-40,46-47H,1-2,7-24,41-45H2,3-4H3,(H,70,71). The smallest absolute Gasteiger partial charge is 0.494 e. The molecule has 0 aliphatic rings. The molecule has 0 aliphatic carbocycles. The van der Waals surface area contributed by atoms with Crippen molar-refractivity contribution in [1.82, 2.24) is 0 Å². The van der Waals surface area contributed by atoms with Gasteiger partial charge in [0, 0.05) is 31.9 Å². The number of anilines is 1. The number of carbonyl (C=O) groups excluding carboxylic acids is 3. The topological polar surface area (TPSA) is 172 Å². The molecule has 0 atom stereocenters. The summed E-state index contributed by atoms with van der Waals surface area (Å²) in [5.41, 5.74) is 6.73. The molecule has 0 unspecified atom stereocenters.